The van der Waals surface area contributed by atoms with Crippen LogP contribution in [0.5, 0.6) is 0 Å². The van der Waals surface area contributed by atoms with Gasteiger partial charge in [-0.1, -0.05) is 17.8 Å². The number of hydrogen-bond acceptors (Lipinski definition) is 5. The molecule has 0 aliphatic rings. The number of nitrogens with zero attached hydrogens (tertiary/aromatic N) is 2. The number of hydrogen-bond donors (Lipinski definition) is 2. The van der Waals surface area contributed by atoms with Crippen molar-refractivity contribution in [2.45, 2.75) is 17.0 Å². The molecule has 0 spiro atoms. The Bertz CT molecular complexity index is 687. The lowest BCUT2D eigenvalue weighted by Gasteiger charge is -2.04. The number of nitrogens with one attached hydrogen (secondary N) is 1. The molecule has 0 fully saturated rings. The molecule has 1 aromatic carbocycles. The van der Waals surface area contributed by atoms with Crippen molar-refractivity contribution >= 4 is 17.6 Å². The summed E-state index contributed by atoms with van der Waals surface area (Å²) in [5, 5.41) is 9.43. The molecule has 0 unspecified atom stereocenters. The highest BCUT2D eigenvalue weighted by atomic mass is 32.2. The van der Waals surface area contributed by atoms with Gasteiger partial charge in [0.25, 0.3) is 5.56 Å². The van der Waals surface area contributed by atoms with Gasteiger partial charge in [-0.15, -0.1) is 0 Å². The minimum absolute atomic E-state index is 0.159. The highest BCUT2D eigenvalue weighted by Crippen LogP contribution is 2.27. The number of nitriles is 1. The predicted octanol–water partition coefficient (Wildman–Crippen LogP) is 1.68. The van der Waals surface area contributed by atoms with Gasteiger partial charge in [-0.05, 0) is 24.6 Å². The van der Waals surface area contributed by atoms with Crippen LogP contribution in [-0.4, -0.2) is 9.97 Å². The van der Waals surface area contributed by atoms with E-state index in [4.69, 9.17) is 11.0 Å². The van der Waals surface area contributed by atoms with Crippen LogP contribution in [0.25, 0.3) is 0 Å². The van der Waals surface area contributed by atoms with E-state index in [2.05, 4.69) is 16.0 Å². The SMILES string of the molecule is Cc1ccc(Sc2nc(N)cc(=O)[nH]2)c(C#N)c1. The van der Waals surface area contributed by atoms with E-state index in [1.54, 1.807) is 6.07 Å². The first-order chi connectivity index (χ1) is 8.58. The number of anilines is 1. The van der Waals surface area contributed by atoms with Crippen LogP contribution < -0.4 is 11.3 Å². The topological polar surface area (TPSA) is 95.6 Å². The third kappa shape index (κ3) is 2.70. The van der Waals surface area contributed by atoms with Gasteiger partial charge in [-0.3, -0.25) is 4.79 Å². The number of aryl methyl sites for hydroxylation is 1. The molecule has 0 amide bonds. The van der Waals surface area contributed by atoms with Gasteiger partial charge in [0.1, 0.15) is 11.9 Å². The molecular formula is C12H10N4OS. The van der Waals surface area contributed by atoms with Crippen molar-refractivity contribution in [1.82, 2.24) is 9.97 Å². The van der Waals surface area contributed by atoms with E-state index in [1.165, 1.54) is 17.8 Å². The van der Waals surface area contributed by atoms with Crippen molar-refractivity contribution in [2.24, 2.45) is 0 Å². The summed E-state index contributed by atoms with van der Waals surface area (Å²) in [5.74, 6) is 0.159. The van der Waals surface area contributed by atoms with Crippen LogP contribution in [0, 0.1) is 18.3 Å². The quantitative estimate of drug-likeness (QED) is 0.799. The van der Waals surface area contributed by atoms with Crippen LogP contribution in [-0.2, 0) is 0 Å². The third-order valence-corrected chi connectivity index (χ3v) is 3.16. The lowest BCUT2D eigenvalue weighted by atomic mass is 10.2. The second kappa shape index (κ2) is 4.94. The van der Waals surface area contributed by atoms with Crippen molar-refractivity contribution < 1.29 is 0 Å². The number of aromatic nitrogens is 2. The van der Waals surface area contributed by atoms with Gasteiger partial charge in [0.15, 0.2) is 5.16 Å². The zero-order valence-corrected chi connectivity index (χ0v) is 10.4. The fraction of sp³-hybridized carbons (Fsp3) is 0.0833. The molecule has 0 atom stereocenters. The van der Waals surface area contributed by atoms with Gasteiger partial charge in [0, 0.05) is 11.0 Å². The maximum atomic E-state index is 11.3. The third-order valence-electron chi connectivity index (χ3n) is 2.20. The molecule has 2 rings (SSSR count). The highest BCUT2D eigenvalue weighted by Gasteiger charge is 2.07. The Kier molecular flexibility index (Phi) is 3.35. The van der Waals surface area contributed by atoms with Gasteiger partial charge in [-0.2, -0.15) is 5.26 Å². The average molecular weight is 258 g/mol. The second-order valence-electron chi connectivity index (χ2n) is 3.69. The number of nitrogens with two attached hydrogens (primary N) is 1. The number of benzene rings is 1. The molecule has 1 aromatic heterocycles. The Labute approximate surface area is 108 Å². The summed E-state index contributed by atoms with van der Waals surface area (Å²) in [6, 6.07) is 8.83. The number of aromatic amines is 1. The van der Waals surface area contributed by atoms with Crippen molar-refractivity contribution in [1.29, 1.82) is 5.26 Å². The molecule has 18 heavy (non-hydrogen) atoms. The molecule has 90 valence electrons. The van der Waals surface area contributed by atoms with Crippen LogP contribution in [0.2, 0.25) is 0 Å². The van der Waals surface area contributed by atoms with E-state index in [0.29, 0.717) is 10.7 Å². The van der Waals surface area contributed by atoms with Crippen LogP contribution in [0.1, 0.15) is 11.1 Å². The first-order valence-electron chi connectivity index (χ1n) is 5.14. The van der Waals surface area contributed by atoms with E-state index in [1.807, 2.05) is 19.1 Å². The summed E-state index contributed by atoms with van der Waals surface area (Å²) in [4.78, 5) is 18.6. The maximum Gasteiger partial charge on any atom is 0.253 e. The normalized spacial score (nSPS) is 10.0. The minimum atomic E-state index is -0.310. The standard InChI is InChI=1S/C12H10N4OS/c1-7-2-3-9(8(4-7)6-13)18-12-15-10(14)5-11(17)16-12/h2-5H,1H3,(H3,14,15,16,17). The van der Waals surface area contributed by atoms with Gasteiger partial charge < -0.3 is 10.7 Å². The van der Waals surface area contributed by atoms with Crippen LogP contribution in [0.4, 0.5) is 5.82 Å². The first kappa shape index (κ1) is 12.2. The monoisotopic (exact) mass is 258 g/mol. The second-order valence-corrected chi connectivity index (χ2v) is 4.72. The molecule has 3 N–H and O–H groups in total. The molecule has 0 aliphatic carbocycles. The number of nitrogen functional groups attached to an aromatic ring is 1. The maximum absolute atomic E-state index is 11.3. The van der Waals surface area contributed by atoms with E-state index >= 15 is 0 Å². The number of rotatable bonds is 2. The summed E-state index contributed by atoms with van der Waals surface area (Å²) in [5.41, 5.74) is 6.74. The molecule has 0 radical (unpaired) electrons. The molecular weight excluding hydrogens is 248 g/mol. The van der Waals surface area contributed by atoms with Crippen LogP contribution in [0.15, 0.2) is 39.1 Å². The number of H-pyrrole nitrogens is 1. The van der Waals surface area contributed by atoms with Crippen molar-refractivity contribution in [2.75, 3.05) is 5.73 Å². The molecule has 0 aliphatic heterocycles. The zero-order valence-electron chi connectivity index (χ0n) is 9.60. The Balaban J connectivity index is 2.40. The molecule has 0 saturated heterocycles. The zero-order chi connectivity index (χ0) is 13.1. The summed E-state index contributed by atoms with van der Waals surface area (Å²) in [6.07, 6.45) is 0. The molecule has 0 bridgehead atoms. The summed E-state index contributed by atoms with van der Waals surface area (Å²) >= 11 is 1.21. The summed E-state index contributed by atoms with van der Waals surface area (Å²) in [6.45, 7) is 1.91. The Morgan fingerprint density at radius 1 is 1.44 bits per heavy atom. The molecule has 2 aromatic rings. The van der Waals surface area contributed by atoms with E-state index in [-0.39, 0.29) is 11.4 Å². The van der Waals surface area contributed by atoms with Crippen molar-refractivity contribution in [3.05, 3.63) is 45.7 Å². The van der Waals surface area contributed by atoms with Gasteiger partial charge in [-0.25, -0.2) is 4.98 Å². The molecule has 1 heterocycles. The van der Waals surface area contributed by atoms with E-state index in [9.17, 15) is 4.79 Å². The molecule has 6 heteroatoms. The Hall–Kier alpha value is -2.26. The van der Waals surface area contributed by atoms with E-state index in [0.717, 1.165) is 10.5 Å². The minimum Gasteiger partial charge on any atom is -0.383 e. The molecule has 0 saturated carbocycles. The summed E-state index contributed by atoms with van der Waals surface area (Å²) in [7, 11) is 0. The average Bonchev–Trinajstić information content (AvgIpc) is 2.30. The largest absolute Gasteiger partial charge is 0.383 e. The smallest absolute Gasteiger partial charge is 0.253 e. The Morgan fingerprint density at radius 3 is 2.89 bits per heavy atom. The highest BCUT2D eigenvalue weighted by molar-refractivity contribution is 7.99. The fourth-order valence-electron chi connectivity index (χ4n) is 1.43. The lowest BCUT2D eigenvalue weighted by Crippen LogP contribution is -2.09. The van der Waals surface area contributed by atoms with E-state index < -0.39 is 0 Å². The van der Waals surface area contributed by atoms with Crippen molar-refractivity contribution in [3.63, 3.8) is 0 Å². The van der Waals surface area contributed by atoms with Gasteiger partial charge >= 0.3 is 0 Å². The van der Waals surface area contributed by atoms with Crippen LogP contribution in [0.3, 0.4) is 0 Å². The Morgan fingerprint density at radius 2 is 2.22 bits per heavy atom. The van der Waals surface area contributed by atoms with Crippen molar-refractivity contribution in [3.8, 4) is 6.07 Å². The van der Waals surface area contributed by atoms with Gasteiger partial charge in [0.05, 0.1) is 5.56 Å². The summed E-state index contributed by atoms with van der Waals surface area (Å²) < 4.78 is 0. The fourth-order valence-corrected chi connectivity index (χ4v) is 2.29. The van der Waals surface area contributed by atoms with Crippen LogP contribution >= 0.6 is 11.8 Å². The first-order valence-corrected chi connectivity index (χ1v) is 5.95. The van der Waals surface area contributed by atoms with Gasteiger partial charge in [0.2, 0.25) is 0 Å². The molecule has 5 nitrogen and oxygen atoms in total. The lowest BCUT2D eigenvalue weighted by molar-refractivity contribution is 0.945. The predicted molar refractivity (Wildman–Crippen MR) is 69.3 cm³/mol.